The fraction of sp³-hybridized carbons (Fsp3) is 0.538. The average Bonchev–Trinajstić information content (AvgIpc) is 2.10. The predicted octanol–water partition coefficient (Wildman–Crippen LogP) is 4.59. The minimum atomic E-state index is -0.777. The van der Waals surface area contributed by atoms with Gasteiger partial charge in [0.15, 0.2) is 0 Å². The molecule has 1 atom stereocenters. The Labute approximate surface area is 87.2 Å². The van der Waals surface area contributed by atoms with Crippen LogP contribution in [0, 0.1) is 0 Å². The Morgan fingerprint density at radius 2 is 1.93 bits per heavy atom. The summed E-state index contributed by atoms with van der Waals surface area (Å²) in [7, 11) is 0. The maximum absolute atomic E-state index is 12.9. The number of rotatable bonds is 5. The summed E-state index contributed by atoms with van der Waals surface area (Å²) in [4.78, 5) is 0. The Morgan fingerprint density at radius 1 is 1.36 bits per heavy atom. The molecule has 0 saturated carbocycles. The van der Waals surface area contributed by atoms with Gasteiger partial charge in [0.05, 0.1) is 0 Å². The summed E-state index contributed by atoms with van der Waals surface area (Å²) in [5.41, 5.74) is 3.36. The maximum Gasteiger partial charge on any atom is 0.101 e. The molecule has 0 aliphatic heterocycles. The van der Waals surface area contributed by atoms with Crippen molar-refractivity contribution in [1.29, 1.82) is 0 Å². The highest BCUT2D eigenvalue weighted by atomic mass is 19.1. The van der Waals surface area contributed by atoms with Crippen molar-refractivity contribution in [2.45, 2.75) is 46.7 Å². The Hall–Kier alpha value is -0.850. The van der Waals surface area contributed by atoms with Crippen molar-refractivity contribution in [2.75, 3.05) is 0 Å². The van der Waals surface area contributed by atoms with Gasteiger partial charge in [0, 0.05) is 6.42 Å². The third-order valence-electron chi connectivity index (χ3n) is 2.15. The van der Waals surface area contributed by atoms with E-state index in [-0.39, 0.29) is 0 Å². The van der Waals surface area contributed by atoms with E-state index in [1.807, 2.05) is 19.1 Å². The Kier molecular flexibility index (Phi) is 6.18. The standard InChI is InChI=1S/C13H21F/c1-6-11(4)13(9-12(5)14)8-7-10(2)3/h7-8,12H,2,6,9H2,1,3-5H3/b8-7-,13-11-. The molecule has 0 aromatic rings. The van der Waals surface area contributed by atoms with Crippen LogP contribution in [0.4, 0.5) is 4.39 Å². The molecule has 14 heavy (non-hydrogen) atoms. The van der Waals surface area contributed by atoms with Gasteiger partial charge in [-0.15, -0.1) is 0 Å². The number of halogens is 1. The number of allylic oxidation sites excluding steroid dienone is 5. The first-order valence-electron chi connectivity index (χ1n) is 5.13. The lowest BCUT2D eigenvalue weighted by Gasteiger charge is -2.07. The second-order valence-corrected chi connectivity index (χ2v) is 3.82. The van der Waals surface area contributed by atoms with E-state index in [0.29, 0.717) is 6.42 Å². The minimum absolute atomic E-state index is 0.503. The van der Waals surface area contributed by atoms with E-state index in [9.17, 15) is 4.39 Å². The van der Waals surface area contributed by atoms with Gasteiger partial charge >= 0.3 is 0 Å². The molecule has 0 nitrogen and oxygen atoms in total. The number of alkyl halides is 1. The molecule has 1 heteroatoms. The van der Waals surface area contributed by atoms with E-state index in [1.54, 1.807) is 6.92 Å². The molecule has 0 aliphatic carbocycles. The molecule has 0 aromatic heterocycles. The topological polar surface area (TPSA) is 0 Å². The van der Waals surface area contributed by atoms with E-state index in [4.69, 9.17) is 0 Å². The van der Waals surface area contributed by atoms with Crippen LogP contribution in [0.25, 0.3) is 0 Å². The zero-order valence-corrected chi connectivity index (χ0v) is 9.73. The molecule has 0 amide bonds. The zero-order valence-electron chi connectivity index (χ0n) is 9.73. The fourth-order valence-corrected chi connectivity index (χ4v) is 1.16. The average molecular weight is 196 g/mol. The molecule has 0 rings (SSSR count). The molecular weight excluding hydrogens is 175 g/mol. The van der Waals surface area contributed by atoms with Crippen molar-refractivity contribution in [2.24, 2.45) is 0 Å². The monoisotopic (exact) mass is 196 g/mol. The largest absolute Gasteiger partial charge is 0.247 e. The van der Waals surface area contributed by atoms with Gasteiger partial charge < -0.3 is 0 Å². The SMILES string of the molecule is C=C(C)/C=C\C(CC(C)F)=C(/C)CC. The number of hydrogen-bond acceptors (Lipinski definition) is 0. The summed E-state index contributed by atoms with van der Waals surface area (Å²) in [6.45, 7) is 11.5. The molecule has 80 valence electrons. The second-order valence-electron chi connectivity index (χ2n) is 3.82. The van der Waals surface area contributed by atoms with Gasteiger partial charge in [0.25, 0.3) is 0 Å². The molecule has 0 N–H and O–H groups in total. The minimum Gasteiger partial charge on any atom is -0.247 e. The fourth-order valence-electron chi connectivity index (χ4n) is 1.16. The predicted molar refractivity (Wildman–Crippen MR) is 62.1 cm³/mol. The van der Waals surface area contributed by atoms with Crippen LogP contribution < -0.4 is 0 Å². The molecule has 0 fully saturated rings. The summed E-state index contributed by atoms with van der Waals surface area (Å²) >= 11 is 0. The molecule has 1 unspecified atom stereocenters. The third kappa shape index (κ3) is 5.74. The van der Waals surface area contributed by atoms with Crippen LogP contribution in [0.5, 0.6) is 0 Å². The maximum atomic E-state index is 12.9. The lowest BCUT2D eigenvalue weighted by molar-refractivity contribution is 0.360. The molecule has 0 bridgehead atoms. The summed E-state index contributed by atoms with van der Waals surface area (Å²) in [6, 6.07) is 0. The first-order valence-corrected chi connectivity index (χ1v) is 5.13. The van der Waals surface area contributed by atoms with Gasteiger partial charge in [-0.05, 0) is 32.8 Å². The highest BCUT2D eigenvalue weighted by molar-refractivity contribution is 5.29. The van der Waals surface area contributed by atoms with Gasteiger partial charge in [-0.25, -0.2) is 4.39 Å². The van der Waals surface area contributed by atoms with Gasteiger partial charge in [-0.2, -0.15) is 0 Å². The molecule has 0 aromatic carbocycles. The van der Waals surface area contributed by atoms with E-state index >= 15 is 0 Å². The highest BCUT2D eigenvalue weighted by Crippen LogP contribution is 2.17. The third-order valence-corrected chi connectivity index (χ3v) is 2.15. The lowest BCUT2D eigenvalue weighted by Crippen LogP contribution is -1.96. The second kappa shape index (κ2) is 6.58. The van der Waals surface area contributed by atoms with Crippen LogP contribution in [0.15, 0.2) is 35.5 Å². The van der Waals surface area contributed by atoms with Crippen LogP contribution in [0.1, 0.15) is 40.5 Å². The van der Waals surface area contributed by atoms with Crippen LogP contribution >= 0.6 is 0 Å². The molecule has 0 spiro atoms. The normalized spacial score (nSPS) is 15.5. The lowest BCUT2D eigenvalue weighted by atomic mass is 10.0. The van der Waals surface area contributed by atoms with Crippen LogP contribution in [0.3, 0.4) is 0 Å². The molecule has 0 aliphatic rings. The van der Waals surface area contributed by atoms with Gasteiger partial charge in [-0.3, -0.25) is 0 Å². The van der Waals surface area contributed by atoms with Crippen molar-refractivity contribution in [3.63, 3.8) is 0 Å². The first kappa shape index (κ1) is 13.2. The summed E-state index contributed by atoms with van der Waals surface area (Å²) in [6.07, 6.45) is 4.63. The molecule has 0 saturated heterocycles. The van der Waals surface area contributed by atoms with Crippen molar-refractivity contribution >= 4 is 0 Å². The van der Waals surface area contributed by atoms with Crippen molar-refractivity contribution in [3.8, 4) is 0 Å². The van der Waals surface area contributed by atoms with E-state index < -0.39 is 6.17 Å². The van der Waals surface area contributed by atoms with Crippen LogP contribution in [-0.4, -0.2) is 6.17 Å². The molecule has 0 heterocycles. The molecular formula is C13H21F. The summed E-state index contributed by atoms with van der Waals surface area (Å²) in [5.74, 6) is 0. The Bertz CT molecular complexity index is 244. The van der Waals surface area contributed by atoms with E-state index in [0.717, 1.165) is 17.6 Å². The summed E-state index contributed by atoms with van der Waals surface area (Å²) < 4.78 is 12.9. The smallest absolute Gasteiger partial charge is 0.101 e. The van der Waals surface area contributed by atoms with Crippen molar-refractivity contribution in [3.05, 3.63) is 35.5 Å². The van der Waals surface area contributed by atoms with Gasteiger partial charge in [0.1, 0.15) is 6.17 Å². The first-order chi connectivity index (χ1) is 6.47. The quantitative estimate of drug-likeness (QED) is 0.564. The summed E-state index contributed by atoms with van der Waals surface area (Å²) in [5, 5.41) is 0. The highest BCUT2D eigenvalue weighted by Gasteiger charge is 2.03. The van der Waals surface area contributed by atoms with Gasteiger partial charge in [-0.1, -0.05) is 36.8 Å². The van der Waals surface area contributed by atoms with Crippen LogP contribution in [-0.2, 0) is 0 Å². The van der Waals surface area contributed by atoms with Crippen LogP contribution in [0.2, 0.25) is 0 Å². The Morgan fingerprint density at radius 3 is 2.29 bits per heavy atom. The Balaban J connectivity index is 4.65. The van der Waals surface area contributed by atoms with E-state index in [1.165, 1.54) is 5.57 Å². The van der Waals surface area contributed by atoms with Gasteiger partial charge in [0.2, 0.25) is 0 Å². The van der Waals surface area contributed by atoms with Crippen molar-refractivity contribution < 1.29 is 4.39 Å². The number of hydrogen-bond donors (Lipinski definition) is 0. The van der Waals surface area contributed by atoms with E-state index in [2.05, 4.69) is 20.4 Å². The molecule has 0 radical (unpaired) electrons. The zero-order chi connectivity index (χ0) is 11.1. The van der Waals surface area contributed by atoms with Crippen molar-refractivity contribution in [1.82, 2.24) is 0 Å².